The highest BCUT2D eigenvalue weighted by molar-refractivity contribution is 6.35. The molecule has 2 N–H and O–H groups in total. The average molecular weight is 475 g/mol. The summed E-state index contributed by atoms with van der Waals surface area (Å²) in [7, 11) is 1.84. The number of fused-ring (bicyclic) bond motifs is 1. The number of nitrogens with one attached hydrogen (secondary N) is 2. The van der Waals surface area contributed by atoms with Crippen molar-refractivity contribution < 1.29 is 14.4 Å². The lowest BCUT2D eigenvalue weighted by Crippen LogP contribution is -2.43. The van der Waals surface area contributed by atoms with Crippen LogP contribution in [-0.2, 0) is 19.8 Å². The Morgan fingerprint density at radius 2 is 1.74 bits per heavy atom. The molecule has 2 atom stereocenters. The molecule has 1 heterocycles. The number of hydrogen-bond acceptors (Lipinski definition) is 4. The molecular formula is C28H34N4O3. The molecule has 1 saturated carbocycles. The fraction of sp³-hybridized carbons (Fsp3) is 0.429. The summed E-state index contributed by atoms with van der Waals surface area (Å²) < 4.78 is 0. The van der Waals surface area contributed by atoms with Crippen molar-refractivity contribution in [1.29, 1.82) is 0 Å². The molecule has 2 aliphatic rings. The Morgan fingerprint density at radius 3 is 2.43 bits per heavy atom. The molecule has 0 spiro atoms. The largest absolute Gasteiger partial charge is 0.341 e. The van der Waals surface area contributed by atoms with Gasteiger partial charge < -0.3 is 10.2 Å². The minimum Gasteiger partial charge on any atom is -0.341 e. The van der Waals surface area contributed by atoms with E-state index in [1.807, 2.05) is 62.5 Å². The van der Waals surface area contributed by atoms with Gasteiger partial charge in [-0.15, -0.1) is 0 Å². The number of carbonyl (C=O) groups is 3. The third-order valence-electron chi connectivity index (χ3n) is 7.68. The molecule has 2 aromatic rings. The second-order valence-electron chi connectivity index (χ2n) is 9.88. The van der Waals surface area contributed by atoms with Gasteiger partial charge in [0.15, 0.2) is 0 Å². The fourth-order valence-electron chi connectivity index (χ4n) is 5.45. The number of hydrazone groups is 1. The van der Waals surface area contributed by atoms with Crippen LogP contribution in [0.2, 0.25) is 0 Å². The zero-order valence-corrected chi connectivity index (χ0v) is 20.9. The van der Waals surface area contributed by atoms with Crippen LogP contribution in [0.3, 0.4) is 0 Å². The summed E-state index contributed by atoms with van der Waals surface area (Å²) in [6.07, 6.45) is 5.65. The number of benzene rings is 2. The van der Waals surface area contributed by atoms with Crippen LogP contribution in [-0.4, -0.2) is 30.5 Å². The molecule has 0 radical (unpaired) electrons. The van der Waals surface area contributed by atoms with Gasteiger partial charge in [0, 0.05) is 12.7 Å². The van der Waals surface area contributed by atoms with E-state index in [1.165, 1.54) is 6.42 Å². The molecule has 2 aromatic carbocycles. The Balaban J connectivity index is 1.49. The molecule has 3 amide bonds. The highest BCUT2D eigenvalue weighted by Crippen LogP contribution is 2.50. The van der Waals surface area contributed by atoms with Crippen molar-refractivity contribution in [1.82, 2.24) is 10.7 Å². The van der Waals surface area contributed by atoms with Crippen molar-refractivity contribution in [3.8, 4) is 0 Å². The highest BCUT2D eigenvalue weighted by atomic mass is 16.2. The molecule has 1 aliphatic heterocycles. The van der Waals surface area contributed by atoms with Gasteiger partial charge in [0.2, 0.25) is 5.91 Å². The van der Waals surface area contributed by atoms with Crippen molar-refractivity contribution in [2.75, 3.05) is 11.9 Å². The summed E-state index contributed by atoms with van der Waals surface area (Å²) in [5.41, 5.74) is 6.04. The van der Waals surface area contributed by atoms with Crippen molar-refractivity contribution in [3.63, 3.8) is 0 Å². The van der Waals surface area contributed by atoms with Crippen LogP contribution in [0.25, 0.3) is 0 Å². The van der Waals surface area contributed by atoms with Crippen LogP contribution in [0.4, 0.5) is 5.69 Å². The summed E-state index contributed by atoms with van der Waals surface area (Å²) in [6.45, 7) is 5.68. The molecule has 1 fully saturated rings. The van der Waals surface area contributed by atoms with Crippen molar-refractivity contribution in [2.45, 2.75) is 64.3 Å². The summed E-state index contributed by atoms with van der Waals surface area (Å²) >= 11 is 0. The third-order valence-corrected chi connectivity index (χ3v) is 7.68. The molecule has 184 valence electrons. The van der Waals surface area contributed by atoms with Crippen LogP contribution in [0.15, 0.2) is 53.6 Å². The standard InChI is InChI=1S/C28H34N4O3/c1-18(20-11-7-5-8-12-20)29-25(33)26(34)31-30-19(2)21-15-16-24-23(17-21)28(3,27(35)32(24)4)22-13-9-6-10-14-22/h5,7-8,11-12,15-18,22H,6,9-10,13-14H2,1-4H3,(H,29,33)(H,31,34)/b30-19+/t18?,28-/m0/s1. The van der Waals surface area contributed by atoms with Crippen LogP contribution in [0.5, 0.6) is 0 Å². The van der Waals surface area contributed by atoms with Gasteiger partial charge in [-0.3, -0.25) is 14.4 Å². The molecule has 1 aliphatic carbocycles. The Labute approximate surface area is 207 Å². The van der Waals surface area contributed by atoms with E-state index in [0.717, 1.165) is 48.1 Å². The molecule has 35 heavy (non-hydrogen) atoms. The molecule has 7 heteroatoms. The smallest absolute Gasteiger partial charge is 0.329 e. The lowest BCUT2D eigenvalue weighted by Gasteiger charge is -2.36. The Bertz CT molecular complexity index is 1150. The van der Waals surface area contributed by atoms with Gasteiger partial charge in [0.25, 0.3) is 0 Å². The van der Waals surface area contributed by atoms with Crippen LogP contribution in [0, 0.1) is 5.92 Å². The molecule has 0 aromatic heterocycles. The zero-order chi connectivity index (χ0) is 25.2. The predicted octanol–water partition coefficient (Wildman–Crippen LogP) is 4.22. The van der Waals surface area contributed by atoms with E-state index in [1.54, 1.807) is 11.8 Å². The van der Waals surface area contributed by atoms with E-state index < -0.39 is 17.2 Å². The number of amides is 3. The maximum atomic E-state index is 13.3. The normalized spacial score (nSPS) is 21.4. The minimum absolute atomic E-state index is 0.142. The number of hydrogen-bond donors (Lipinski definition) is 2. The van der Waals surface area contributed by atoms with Gasteiger partial charge in [-0.05, 0) is 68.4 Å². The van der Waals surface area contributed by atoms with Gasteiger partial charge >= 0.3 is 11.8 Å². The second-order valence-corrected chi connectivity index (χ2v) is 9.88. The van der Waals surface area contributed by atoms with Crippen LogP contribution in [0.1, 0.15) is 75.6 Å². The number of nitrogens with zero attached hydrogens (tertiary/aromatic N) is 2. The summed E-state index contributed by atoms with van der Waals surface area (Å²) in [6, 6.07) is 15.0. The van der Waals surface area contributed by atoms with Crippen LogP contribution < -0.4 is 15.6 Å². The first-order chi connectivity index (χ1) is 16.7. The van der Waals surface area contributed by atoms with Gasteiger partial charge in [0.1, 0.15) is 0 Å². The first-order valence-corrected chi connectivity index (χ1v) is 12.4. The summed E-state index contributed by atoms with van der Waals surface area (Å²) in [5.74, 6) is -1.11. The first kappa shape index (κ1) is 24.6. The third kappa shape index (κ3) is 4.72. The maximum absolute atomic E-state index is 13.3. The van der Waals surface area contributed by atoms with Gasteiger partial charge in [0.05, 0.1) is 17.2 Å². The number of carbonyl (C=O) groups excluding carboxylic acids is 3. The Morgan fingerprint density at radius 1 is 1.06 bits per heavy atom. The first-order valence-electron chi connectivity index (χ1n) is 12.4. The van der Waals surface area contributed by atoms with Crippen LogP contribution >= 0.6 is 0 Å². The molecule has 7 nitrogen and oxygen atoms in total. The Hall–Kier alpha value is -3.48. The van der Waals surface area contributed by atoms with E-state index in [0.29, 0.717) is 11.6 Å². The number of rotatable bonds is 5. The SMILES string of the molecule is C/C(=N\NC(=O)C(=O)NC(C)c1ccccc1)c1ccc2c(c1)[C@](C)(C1CCCCC1)C(=O)N2C. The van der Waals surface area contributed by atoms with Gasteiger partial charge in [-0.2, -0.15) is 5.10 Å². The second kappa shape index (κ2) is 10.0. The lowest BCUT2D eigenvalue weighted by atomic mass is 9.66. The van der Waals surface area contributed by atoms with E-state index in [2.05, 4.69) is 22.8 Å². The van der Waals surface area contributed by atoms with Gasteiger partial charge in [-0.25, -0.2) is 5.43 Å². The van der Waals surface area contributed by atoms with Crippen molar-refractivity contribution in [3.05, 3.63) is 65.2 Å². The zero-order valence-electron chi connectivity index (χ0n) is 20.9. The molecule has 4 rings (SSSR count). The molecule has 1 unspecified atom stereocenters. The van der Waals surface area contributed by atoms with E-state index in [-0.39, 0.29) is 11.9 Å². The molecule has 0 bridgehead atoms. The maximum Gasteiger partial charge on any atom is 0.329 e. The van der Waals surface area contributed by atoms with Crippen molar-refractivity contribution >= 4 is 29.1 Å². The highest BCUT2D eigenvalue weighted by Gasteiger charge is 2.51. The average Bonchev–Trinajstić information content (AvgIpc) is 3.09. The quantitative estimate of drug-likeness (QED) is 0.386. The molecular weight excluding hydrogens is 440 g/mol. The van der Waals surface area contributed by atoms with Crippen molar-refractivity contribution in [2.24, 2.45) is 11.0 Å². The summed E-state index contributed by atoms with van der Waals surface area (Å²) in [5, 5.41) is 6.86. The Kier molecular flexibility index (Phi) is 7.05. The summed E-state index contributed by atoms with van der Waals surface area (Å²) in [4.78, 5) is 39.8. The lowest BCUT2D eigenvalue weighted by molar-refractivity contribution is -0.139. The minimum atomic E-state index is -0.824. The van der Waals surface area contributed by atoms with Gasteiger partial charge in [-0.1, -0.05) is 55.7 Å². The molecule has 0 saturated heterocycles. The monoisotopic (exact) mass is 474 g/mol. The van der Waals surface area contributed by atoms with E-state index >= 15 is 0 Å². The predicted molar refractivity (Wildman–Crippen MR) is 137 cm³/mol. The van der Waals surface area contributed by atoms with E-state index in [9.17, 15) is 14.4 Å². The number of likely N-dealkylation sites (N-methyl/N-ethyl adjacent to an activating group) is 1. The fourth-order valence-corrected chi connectivity index (χ4v) is 5.45. The van der Waals surface area contributed by atoms with E-state index in [4.69, 9.17) is 0 Å². The topological polar surface area (TPSA) is 90.9 Å². The number of anilines is 1.